The van der Waals surface area contributed by atoms with Crippen LogP contribution in [0.2, 0.25) is 0 Å². The van der Waals surface area contributed by atoms with Crippen LogP contribution in [-0.2, 0) is 0 Å². The number of para-hydroxylation sites is 1. The van der Waals surface area contributed by atoms with Crippen LogP contribution in [0, 0.1) is 0 Å². The Morgan fingerprint density at radius 3 is 2.76 bits per heavy atom. The van der Waals surface area contributed by atoms with Crippen molar-refractivity contribution in [3.8, 4) is 5.75 Å². The number of amides is 1. The molecular weight excluding hydrogens is 316 g/mol. The van der Waals surface area contributed by atoms with Gasteiger partial charge in [-0.3, -0.25) is 4.79 Å². The largest absolute Gasteiger partial charge is 0.487 e. The van der Waals surface area contributed by atoms with E-state index in [4.69, 9.17) is 9.15 Å². The molecule has 0 unspecified atom stereocenters. The zero-order valence-electron chi connectivity index (χ0n) is 14.5. The predicted molar refractivity (Wildman–Crippen MR) is 94.7 cm³/mol. The van der Waals surface area contributed by atoms with Crippen molar-refractivity contribution in [2.45, 2.75) is 37.8 Å². The van der Waals surface area contributed by atoms with Crippen LogP contribution < -0.4 is 10.1 Å². The minimum absolute atomic E-state index is 0.0595. The van der Waals surface area contributed by atoms with E-state index in [0.717, 1.165) is 50.2 Å². The first-order chi connectivity index (χ1) is 12.2. The van der Waals surface area contributed by atoms with Gasteiger partial charge >= 0.3 is 0 Å². The molecule has 2 aliphatic heterocycles. The van der Waals surface area contributed by atoms with Gasteiger partial charge in [-0.15, -0.1) is 0 Å². The molecule has 4 rings (SSSR count). The van der Waals surface area contributed by atoms with E-state index >= 15 is 0 Å². The number of hydrogen-bond acceptors (Lipinski definition) is 4. The van der Waals surface area contributed by atoms with Crippen molar-refractivity contribution in [2.75, 3.05) is 19.6 Å². The summed E-state index contributed by atoms with van der Waals surface area (Å²) < 4.78 is 11.7. The third kappa shape index (κ3) is 3.16. The lowest BCUT2D eigenvalue weighted by Gasteiger charge is -2.46. The first kappa shape index (κ1) is 16.2. The molecule has 2 aromatic rings. The minimum atomic E-state index is -0.193. The van der Waals surface area contributed by atoms with Crippen molar-refractivity contribution in [1.82, 2.24) is 10.2 Å². The number of piperidine rings is 1. The second kappa shape index (κ2) is 6.56. The molecule has 3 heterocycles. The average Bonchev–Trinajstić information content (AvgIpc) is 3.17. The number of furan rings is 1. The van der Waals surface area contributed by atoms with E-state index in [1.54, 1.807) is 12.1 Å². The Hall–Kier alpha value is -2.27. The van der Waals surface area contributed by atoms with Gasteiger partial charge < -0.3 is 19.4 Å². The molecule has 5 heteroatoms. The quantitative estimate of drug-likeness (QED) is 0.930. The van der Waals surface area contributed by atoms with Crippen molar-refractivity contribution in [3.63, 3.8) is 0 Å². The highest BCUT2D eigenvalue weighted by Gasteiger charge is 2.43. The molecule has 1 saturated heterocycles. The maximum Gasteiger partial charge on any atom is 0.287 e. The third-order valence-corrected chi connectivity index (χ3v) is 5.46. The fourth-order valence-corrected chi connectivity index (χ4v) is 3.97. The van der Waals surface area contributed by atoms with Gasteiger partial charge in [0.1, 0.15) is 11.4 Å². The highest BCUT2D eigenvalue weighted by molar-refractivity contribution is 5.91. The molecule has 2 aliphatic rings. The van der Waals surface area contributed by atoms with E-state index in [1.165, 1.54) is 6.26 Å². The summed E-state index contributed by atoms with van der Waals surface area (Å²) in [6.45, 7) is 5.35. The zero-order valence-corrected chi connectivity index (χ0v) is 14.5. The molecule has 1 aromatic carbocycles. The summed E-state index contributed by atoms with van der Waals surface area (Å²) in [5, 5.41) is 3.15. The van der Waals surface area contributed by atoms with E-state index in [2.05, 4.69) is 17.1 Å². The van der Waals surface area contributed by atoms with Crippen molar-refractivity contribution >= 4 is 5.91 Å². The number of benzene rings is 1. The van der Waals surface area contributed by atoms with Gasteiger partial charge in [0.15, 0.2) is 5.76 Å². The summed E-state index contributed by atoms with van der Waals surface area (Å²) in [5.74, 6) is 1.06. The van der Waals surface area contributed by atoms with Crippen LogP contribution in [-0.4, -0.2) is 36.0 Å². The number of hydrogen-bond donors (Lipinski definition) is 1. The lowest BCUT2D eigenvalue weighted by molar-refractivity contribution is -0.0236. The molecule has 0 saturated carbocycles. The first-order valence-electron chi connectivity index (χ1n) is 9.04. The van der Waals surface area contributed by atoms with Crippen LogP contribution in [0.3, 0.4) is 0 Å². The molecule has 1 amide bonds. The number of ether oxygens (including phenoxy) is 1. The van der Waals surface area contributed by atoms with Crippen LogP contribution in [0.25, 0.3) is 0 Å². The van der Waals surface area contributed by atoms with Gasteiger partial charge in [0.25, 0.3) is 5.91 Å². The summed E-state index contributed by atoms with van der Waals surface area (Å²) in [7, 11) is 0. The van der Waals surface area contributed by atoms with Gasteiger partial charge in [-0.1, -0.05) is 25.1 Å². The molecule has 1 N–H and O–H groups in total. The van der Waals surface area contributed by atoms with Crippen LogP contribution in [0.15, 0.2) is 47.1 Å². The van der Waals surface area contributed by atoms with Gasteiger partial charge in [-0.2, -0.15) is 0 Å². The Balaban J connectivity index is 1.58. The van der Waals surface area contributed by atoms with Gasteiger partial charge in [0.05, 0.1) is 12.3 Å². The number of carbonyl (C=O) groups excluding carboxylic acids is 1. The molecule has 1 atom stereocenters. The first-order valence-corrected chi connectivity index (χ1v) is 9.04. The van der Waals surface area contributed by atoms with Gasteiger partial charge in [0, 0.05) is 25.1 Å². The SMILES string of the molecule is CCN1CCC2(CC1)C[C@H](NC(=O)c1ccco1)c1ccccc1O2. The van der Waals surface area contributed by atoms with Crippen LogP contribution in [0.5, 0.6) is 5.75 Å². The van der Waals surface area contributed by atoms with Gasteiger partial charge in [-0.05, 0) is 37.6 Å². The highest BCUT2D eigenvalue weighted by atomic mass is 16.5. The Morgan fingerprint density at radius 2 is 2.04 bits per heavy atom. The molecule has 5 nitrogen and oxygen atoms in total. The lowest BCUT2D eigenvalue weighted by Crippen LogP contribution is -2.52. The highest BCUT2D eigenvalue weighted by Crippen LogP contribution is 2.44. The predicted octanol–water partition coefficient (Wildman–Crippen LogP) is 3.39. The third-order valence-electron chi connectivity index (χ3n) is 5.46. The van der Waals surface area contributed by atoms with E-state index in [9.17, 15) is 4.79 Å². The Morgan fingerprint density at radius 1 is 1.24 bits per heavy atom. The molecule has 132 valence electrons. The fourth-order valence-electron chi connectivity index (χ4n) is 3.97. The van der Waals surface area contributed by atoms with E-state index in [1.807, 2.05) is 24.3 Å². The second-order valence-corrected chi connectivity index (χ2v) is 6.96. The molecule has 0 bridgehead atoms. The van der Waals surface area contributed by atoms with Crippen LogP contribution >= 0.6 is 0 Å². The number of nitrogens with zero attached hydrogens (tertiary/aromatic N) is 1. The number of likely N-dealkylation sites (tertiary alicyclic amines) is 1. The van der Waals surface area contributed by atoms with Crippen molar-refractivity contribution in [3.05, 3.63) is 54.0 Å². The van der Waals surface area contributed by atoms with Gasteiger partial charge in [0.2, 0.25) is 0 Å². The molecule has 0 radical (unpaired) electrons. The second-order valence-electron chi connectivity index (χ2n) is 6.96. The van der Waals surface area contributed by atoms with Gasteiger partial charge in [-0.25, -0.2) is 0 Å². The molecule has 1 spiro atoms. The standard InChI is InChI=1S/C20H24N2O3/c1-2-22-11-9-20(10-12-22)14-16(15-6-3-4-7-17(15)25-20)21-19(23)18-8-5-13-24-18/h3-8,13,16H,2,9-12,14H2,1H3,(H,21,23)/t16-/m0/s1. The summed E-state index contributed by atoms with van der Waals surface area (Å²) in [6.07, 6.45) is 4.30. The zero-order chi connectivity index (χ0) is 17.3. The molecule has 25 heavy (non-hydrogen) atoms. The normalized spacial score (nSPS) is 22.2. The van der Waals surface area contributed by atoms with Crippen molar-refractivity contribution in [2.24, 2.45) is 0 Å². The number of carbonyl (C=O) groups is 1. The summed E-state index contributed by atoms with van der Waals surface area (Å²) in [6, 6.07) is 11.4. The monoisotopic (exact) mass is 340 g/mol. The maximum atomic E-state index is 12.5. The van der Waals surface area contributed by atoms with Crippen LogP contribution in [0.4, 0.5) is 0 Å². The fraction of sp³-hybridized carbons (Fsp3) is 0.450. The van der Waals surface area contributed by atoms with Crippen molar-refractivity contribution in [1.29, 1.82) is 0 Å². The maximum absolute atomic E-state index is 12.5. The summed E-state index contributed by atoms with van der Waals surface area (Å²) in [5.41, 5.74) is 0.854. The lowest BCUT2D eigenvalue weighted by atomic mass is 9.80. The smallest absolute Gasteiger partial charge is 0.287 e. The van der Waals surface area contributed by atoms with E-state index in [0.29, 0.717) is 5.76 Å². The molecule has 1 aromatic heterocycles. The summed E-state index contributed by atoms with van der Waals surface area (Å²) >= 11 is 0. The Labute approximate surface area is 148 Å². The number of rotatable bonds is 3. The molecule has 1 fully saturated rings. The van der Waals surface area contributed by atoms with E-state index in [-0.39, 0.29) is 17.6 Å². The Kier molecular flexibility index (Phi) is 4.25. The number of fused-ring (bicyclic) bond motifs is 1. The van der Waals surface area contributed by atoms with Crippen molar-refractivity contribution < 1.29 is 13.9 Å². The average molecular weight is 340 g/mol. The Bertz CT molecular complexity index is 733. The minimum Gasteiger partial charge on any atom is -0.487 e. The molecular formula is C20H24N2O3. The topological polar surface area (TPSA) is 54.7 Å². The van der Waals surface area contributed by atoms with E-state index < -0.39 is 0 Å². The summed E-state index contributed by atoms with van der Waals surface area (Å²) in [4.78, 5) is 14.9. The number of nitrogens with one attached hydrogen (secondary N) is 1. The molecule has 0 aliphatic carbocycles. The van der Waals surface area contributed by atoms with Crippen LogP contribution in [0.1, 0.15) is 48.3 Å².